The monoisotopic (exact) mass is 598 g/mol. The summed E-state index contributed by atoms with van der Waals surface area (Å²) in [4.78, 5) is 13.5. The lowest BCUT2D eigenvalue weighted by molar-refractivity contribution is -0.248. The third-order valence-corrected chi connectivity index (χ3v) is 8.52. The van der Waals surface area contributed by atoms with Crippen LogP contribution >= 0.6 is 11.8 Å². The summed E-state index contributed by atoms with van der Waals surface area (Å²) in [5.74, 6) is -0.415. The maximum atomic E-state index is 12.5. The van der Waals surface area contributed by atoms with Crippen LogP contribution in [0.15, 0.2) is 120 Å². The van der Waals surface area contributed by atoms with Crippen molar-refractivity contribution in [3.63, 3.8) is 0 Å². The second-order valence-corrected chi connectivity index (χ2v) is 11.7. The van der Waals surface area contributed by atoms with E-state index in [4.69, 9.17) is 23.7 Å². The van der Waals surface area contributed by atoms with Gasteiger partial charge in [-0.1, -0.05) is 121 Å². The molecule has 43 heavy (non-hydrogen) atoms. The Morgan fingerprint density at radius 3 is 1.74 bits per heavy atom. The van der Waals surface area contributed by atoms with Crippen molar-refractivity contribution in [2.75, 3.05) is 6.61 Å². The van der Waals surface area contributed by atoms with E-state index in [2.05, 4.69) is 19.1 Å². The minimum absolute atomic E-state index is 0.217. The predicted molar refractivity (Wildman–Crippen MR) is 167 cm³/mol. The first kappa shape index (κ1) is 31.0. The van der Waals surface area contributed by atoms with Gasteiger partial charge in [0.15, 0.2) is 6.10 Å². The maximum Gasteiger partial charge on any atom is 0.303 e. The second kappa shape index (κ2) is 15.8. The summed E-state index contributed by atoms with van der Waals surface area (Å²) in [5, 5.41) is 0. The van der Waals surface area contributed by atoms with E-state index in [1.807, 2.05) is 103 Å². The fourth-order valence-electron chi connectivity index (χ4n) is 5.02. The minimum Gasteiger partial charge on any atom is -0.457 e. The molecule has 4 aromatic rings. The molecule has 0 spiro atoms. The number of rotatable bonds is 13. The Morgan fingerprint density at radius 1 is 0.674 bits per heavy atom. The average molecular weight is 599 g/mol. The van der Waals surface area contributed by atoms with E-state index in [0.717, 1.165) is 27.1 Å². The molecule has 5 atom stereocenters. The molecule has 1 aliphatic rings. The van der Waals surface area contributed by atoms with Gasteiger partial charge in [-0.25, -0.2) is 0 Å². The van der Waals surface area contributed by atoms with Crippen molar-refractivity contribution >= 4 is 17.7 Å². The highest BCUT2D eigenvalue weighted by atomic mass is 32.2. The molecule has 1 saturated heterocycles. The molecule has 5 rings (SSSR count). The third kappa shape index (κ3) is 9.02. The van der Waals surface area contributed by atoms with Crippen LogP contribution < -0.4 is 0 Å². The van der Waals surface area contributed by atoms with Crippen molar-refractivity contribution in [3.8, 4) is 0 Å². The molecule has 0 radical (unpaired) electrons. The zero-order valence-corrected chi connectivity index (χ0v) is 25.4. The second-order valence-electron chi connectivity index (χ2n) is 10.5. The first-order valence-electron chi connectivity index (χ1n) is 14.5. The summed E-state index contributed by atoms with van der Waals surface area (Å²) in [6.45, 7) is 4.79. The van der Waals surface area contributed by atoms with Gasteiger partial charge in [0, 0.05) is 11.8 Å². The quantitative estimate of drug-likeness (QED) is 0.152. The standard InChI is InChI=1S/C36H38O6S/c1-26-14-12-13-21-32(26)43-36-35(40-24-30-19-10-5-11-20-30)34(39-23-29-17-8-4-9-18-29)33(41-27(2)37)31(42-36)25-38-22-28-15-6-3-7-16-28/h3-21,31,33-36H,22-25H2,1-2H3/t31-,33+,34+,35-,36+/m1/s1. The maximum absolute atomic E-state index is 12.5. The van der Waals surface area contributed by atoms with E-state index in [9.17, 15) is 4.79 Å². The fourth-order valence-corrected chi connectivity index (χ4v) is 6.25. The fraction of sp³-hybridized carbons (Fsp3) is 0.306. The van der Waals surface area contributed by atoms with Crippen LogP contribution in [-0.4, -0.2) is 42.4 Å². The van der Waals surface area contributed by atoms with Crippen molar-refractivity contribution in [2.24, 2.45) is 0 Å². The highest BCUT2D eigenvalue weighted by Crippen LogP contribution is 2.39. The Hall–Kier alpha value is -3.46. The molecule has 0 amide bonds. The Balaban J connectivity index is 1.45. The summed E-state index contributed by atoms with van der Waals surface area (Å²) in [6, 6.07) is 38.1. The topological polar surface area (TPSA) is 63.2 Å². The molecule has 0 bridgehead atoms. The van der Waals surface area contributed by atoms with Crippen LogP contribution in [0.1, 0.15) is 29.2 Å². The van der Waals surface area contributed by atoms with Crippen molar-refractivity contribution in [3.05, 3.63) is 138 Å². The molecular formula is C36H38O6S. The minimum atomic E-state index is -0.744. The van der Waals surface area contributed by atoms with Gasteiger partial charge in [-0.15, -0.1) is 0 Å². The highest BCUT2D eigenvalue weighted by molar-refractivity contribution is 7.99. The van der Waals surface area contributed by atoms with Gasteiger partial charge in [0.2, 0.25) is 0 Å². The SMILES string of the molecule is CC(=O)O[C@@H]1[C@H](OCc2ccccc2)[C@@H](OCc2ccccc2)[C@H](Sc2ccccc2C)O[C@@H]1COCc1ccccc1. The molecule has 1 aliphatic heterocycles. The molecule has 6 nitrogen and oxygen atoms in total. The van der Waals surface area contributed by atoms with Gasteiger partial charge < -0.3 is 23.7 Å². The van der Waals surface area contributed by atoms with Crippen molar-refractivity contribution in [2.45, 2.75) is 68.4 Å². The van der Waals surface area contributed by atoms with Crippen LogP contribution in [0.2, 0.25) is 0 Å². The Morgan fingerprint density at radius 2 is 1.19 bits per heavy atom. The summed E-state index contributed by atoms with van der Waals surface area (Å²) in [7, 11) is 0. The summed E-state index contributed by atoms with van der Waals surface area (Å²) < 4.78 is 32.1. The number of hydrogen-bond donors (Lipinski definition) is 0. The van der Waals surface area contributed by atoms with E-state index < -0.39 is 35.8 Å². The number of hydrogen-bond acceptors (Lipinski definition) is 7. The molecule has 0 aromatic heterocycles. The number of benzene rings is 4. The third-order valence-electron chi connectivity index (χ3n) is 7.19. The first-order valence-corrected chi connectivity index (χ1v) is 15.4. The van der Waals surface area contributed by atoms with Crippen LogP contribution in [-0.2, 0) is 48.3 Å². The first-order chi connectivity index (χ1) is 21.1. The molecule has 4 aromatic carbocycles. The van der Waals surface area contributed by atoms with Gasteiger partial charge in [-0.2, -0.15) is 0 Å². The summed E-state index contributed by atoms with van der Waals surface area (Å²) in [5.41, 5.74) is 3.77. The largest absolute Gasteiger partial charge is 0.457 e. The van der Waals surface area contributed by atoms with Gasteiger partial charge in [-0.3, -0.25) is 4.79 Å². The number of ether oxygens (including phenoxy) is 5. The van der Waals surface area contributed by atoms with E-state index in [-0.39, 0.29) is 6.61 Å². The van der Waals surface area contributed by atoms with E-state index in [1.165, 1.54) is 6.92 Å². The van der Waals surface area contributed by atoms with Gasteiger partial charge >= 0.3 is 5.97 Å². The van der Waals surface area contributed by atoms with Gasteiger partial charge in [0.1, 0.15) is 23.7 Å². The lowest BCUT2D eigenvalue weighted by Gasteiger charge is -2.45. The Bertz CT molecular complexity index is 1400. The Labute approximate surface area is 258 Å². The van der Waals surface area contributed by atoms with Crippen molar-refractivity contribution in [1.82, 2.24) is 0 Å². The van der Waals surface area contributed by atoms with Crippen LogP contribution in [0.3, 0.4) is 0 Å². The molecule has 0 saturated carbocycles. The van der Waals surface area contributed by atoms with E-state index in [1.54, 1.807) is 11.8 Å². The zero-order chi connectivity index (χ0) is 29.9. The molecule has 0 unspecified atom stereocenters. The number of carbonyl (C=O) groups excluding carboxylic acids is 1. The van der Waals surface area contributed by atoms with Gasteiger partial charge in [0.05, 0.1) is 26.4 Å². The number of esters is 1. The molecule has 1 fully saturated rings. The van der Waals surface area contributed by atoms with Crippen LogP contribution in [0.4, 0.5) is 0 Å². The zero-order valence-electron chi connectivity index (χ0n) is 24.5. The van der Waals surface area contributed by atoms with E-state index >= 15 is 0 Å². The number of thioether (sulfide) groups is 1. The lowest BCUT2D eigenvalue weighted by atomic mass is 9.99. The van der Waals surface area contributed by atoms with Gasteiger partial charge in [0.25, 0.3) is 0 Å². The molecule has 1 heterocycles. The lowest BCUT2D eigenvalue weighted by Crippen LogP contribution is -2.60. The van der Waals surface area contributed by atoms with Crippen molar-refractivity contribution < 1.29 is 28.5 Å². The molecule has 0 N–H and O–H groups in total. The summed E-state index contributed by atoms with van der Waals surface area (Å²) in [6.07, 6.45) is -2.49. The molecule has 0 aliphatic carbocycles. The highest BCUT2D eigenvalue weighted by Gasteiger charge is 2.50. The average Bonchev–Trinajstić information content (AvgIpc) is 3.03. The number of aryl methyl sites for hydroxylation is 1. The Kier molecular flexibility index (Phi) is 11.4. The number of carbonyl (C=O) groups is 1. The normalized spacial score (nSPS) is 21.8. The molecule has 7 heteroatoms. The van der Waals surface area contributed by atoms with Crippen LogP contribution in [0.25, 0.3) is 0 Å². The molecular weight excluding hydrogens is 560 g/mol. The van der Waals surface area contributed by atoms with E-state index in [0.29, 0.717) is 19.8 Å². The van der Waals surface area contributed by atoms with Crippen LogP contribution in [0, 0.1) is 6.92 Å². The molecule has 224 valence electrons. The van der Waals surface area contributed by atoms with Gasteiger partial charge in [-0.05, 0) is 35.2 Å². The smallest absolute Gasteiger partial charge is 0.303 e. The summed E-state index contributed by atoms with van der Waals surface area (Å²) >= 11 is 1.59. The predicted octanol–water partition coefficient (Wildman–Crippen LogP) is 7.13. The van der Waals surface area contributed by atoms with Crippen LogP contribution in [0.5, 0.6) is 0 Å². The van der Waals surface area contributed by atoms with Crippen molar-refractivity contribution in [1.29, 1.82) is 0 Å².